The Morgan fingerprint density at radius 2 is 1.79 bits per heavy atom. The molecule has 0 heterocycles. The van der Waals surface area contributed by atoms with Gasteiger partial charge in [0.15, 0.2) is 5.78 Å². The zero-order valence-corrected chi connectivity index (χ0v) is 22.0. The first-order valence-electron chi connectivity index (χ1n) is 13.8. The summed E-state index contributed by atoms with van der Waals surface area (Å²) in [5.74, 6) is 3.39. The number of fused-ring (bicyclic) bond motifs is 5. The van der Waals surface area contributed by atoms with Gasteiger partial charge in [-0.25, -0.2) is 0 Å². The number of ether oxygens (including phenoxy) is 1. The lowest BCUT2D eigenvalue weighted by Gasteiger charge is -2.63. The third-order valence-corrected chi connectivity index (χ3v) is 11.1. The molecule has 4 aliphatic carbocycles. The Hall–Kier alpha value is -0.900. The van der Waals surface area contributed by atoms with Crippen LogP contribution in [-0.4, -0.2) is 28.6 Å². The Bertz CT molecular complexity index is 761. The molecular weight excluding hydrogens is 412 g/mol. The Morgan fingerprint density at radius 1 is 1.06 bits per heavy atom. The second-order valence-electron chi connectivity index (χ2n) is 13.3. The summed E-state index contributed by atoms with van der Waals surface area (Å²) in [6.07, 6.45) is 10.9. The summed E-state index contributed by atoms with van der Waals surface area (Å²) in [7, 11) is 0. The lowest BCUT2D eigenvalue weighted by molar-refractivity contribution is -0.217. The third kappa shape index (κ3) is 4.10. The van der Waals surface area contributed by atoms with Gasteiger partial charge in [-0.3, -0.25) is 9.59 Å². The van der Waals surface area contributed by atoms with Crippen LogP contribution in [0, 0.1) is 46.3 Å². The molecule has 0 aromatic carbocycles. The third-order valence-electron chi connectivity index (χ3n) is 11.1. The fourth-order valence-corrected chi connectivity index (χ4v) is 9.36. The molecule has 4 saturated carbocycles. The molecule has 33 heavy (non-hydrogen) atoms. The summed E-state index contributed by atoms with van der Waals surface area (Å²) < 4.78 is 5.46. The van der Waals surface area contributed by atoms with Crippen LogP contribution in [0.3, 0.4) is 0 Å². The maximum absolute atomic E-state index is 13.6. The normalized spacial score (nSPS) is 45.8. The van der Waals surface area contributed by atoms with Crippen LogP contribution in [-0.2, 0) is 14.3 Å². The first-order valence-corrected chi connectivity index (χ1v) is 13.8. The van der Waals surface area contributed by atoms with Crippen molar-refractivity contribution in [3.8, 4) is 0 Å². The minimum Gasteiger partial charge on any atom is -0.462 e. The zero-order valence-electron chi connectivity index (χ0n) is 22.0. The first kappa shape index (κ1) is 25.2. The van der Waals surface area contributed by atoms with Crippen LogP contribution < -0.4 is 0 Å². The van der Waals surface area contributed by atoms with Gasteiger partial charge in [-0.1, -0.05) is 53.9 Å². The smallest absolute Gasteiger partial charge is 0.302 e. The van der Waals surface area contributed by atoms with E-state index in [4.69, 9.17) is 4.74 Å². The fraction of sp³-hybridized carbons (Fsp3) is 0.931. The van der Waals surface area contributed by atoms with Crippen molar-refractivity contribution in [2.24, 2.45) is 46.3 Å². The van der Waals surface area contributed by atoms with E-state index in [1.165, 1.54) is 45.4 Å². The van der Waals surface area contributed by atoms with E-state index in [2.05, 4.69) is 34.6 Å². The molecule has 0 saturated heterocycles. The summed E-state index contributed by atoms with van der Waals surface area (Å²) in [5.41, 5.74) is -1.41. The number of carbonyl (C=O) groups excluding carboxylic acids is 2. The van der Waals surface area contributed by atoms with Gasteiger partial charge in [0, 0.05) is 25.2 Å². The van der Waals surface area contributed by atoms with Crippen molar-refractivity contribution in [3.05, 3.63) is 0 Å². The van der Waals surface area contributed by atoms with Crippen LogP contribution in [0.4, 0.5) is 0 Å². The van der Waals surface area contributed by atoms with Gasteiger partial charge in [-0.05, 0) is 79.4 Å². The van der Waals surface area contributed by atoms with Crippen LogP contribution in [0.5, 0.6) is 0 Å². The summed E-state index contributed by atoms with van der Waals surface area (Å²) in [6, 6.07) is 0. The Balaban J connectivity index is 1.52. The monoisotopic (exact) mass is 460 g/mol. The lowest BCUT2D eigenvalue weighted by Crippen LogP contribution is -2.67. The summed E-state index contributed by atoms with van der Waals surface area (Å²) >= 11 is 0. The van der Waals surface area contributed by atoms with Crippen molar-refractivity contribution < 1.29 is 19.4 Å². The largest absolute Gasteiger partial charge is 0.462 e. The van der Waals surface area contributed by atoms with E-state index in [0.717, 1.165) is 37.0 Å². The quantitative estimate of drug-likeness (QED) is 0.470. The molecule has 0 bridgehead atoms. The van der Waals surface area contributed by atoms with Crippen LogP contribution in [0.1, 0.15) is 112 Å². The summed E-state index contributed by atoms with van der Waals surface area (Å²) in [5, 5.41) is 11.8. The molecule has 1 N–H and O–H groups in total. The van der Waals surface area contributed by atoms with Crippen molar-refractivity contribution in [3.63, 3.8) is 0 Å². The van der Waals surface area contributed by atoms with Crippen LogP contribution in [0.25, 0.3) is 0 Å². The SMILES string of the molecule is CC(=O)O[C@H]1CC[C@]2(C)[C@@H]3CC[C@@]4(C)[C@H](CC[C@@H]4[C@H](C)CCCC(C)C)[C@@H]3CC(=O)[C@@]2(O)C1. The topological polar surface area (TPSA) is 63.6 Å². The molecule has 0 unspecified atom stereocenters. The van der Waals surface area contributed by atoms with Crippen molar-refractivity contribution in [2.45, 2.75) is 124 Å². The van der Waals surface area contributed by atoms with E-state index in [1.54, 1.807) is 0 Å². The van der Waals surface area contributed by atoms with Gasteiger partial charge in [0.2, 0.25) is 0 Å². The van der Waals surface area contributed by atoms with E-state index < -0.39 is 11.0 Å². The Labute approximate surface area is 201 Å². The number of aliphatic hydroxyl groups is 1. The summed E-state index contributed by atoms with van der Waals surface area (Å²) in [4.78, 5) is 25.1. The molecule has 4 fully saturated rings. The van der Waals surface area contributed by atoms with Gasteiger partial charge < -0.3 is 9.84 Å². The number of ketones is 1. The van der Waals surface area contributed by atoms with Gasteiger partial charge in [0.1, 0.15) is 11.7 Å². The lowest BCUT2D eigenvalue weighted by atomic mass is 9.42. The van der Waals surface area contributed by atoms with E-state index in [1.807, 2.05) is 0 Å². The standard InChI is InChI=1S/C29H48O4/c1-18(2)8-7-9-19(3)23-10-11-24-22-16-26(31)29(32)17-21(33-20(4)30)12-15-28(29,6)25(22)13-14-27(23,24)5/h18-19,21-25,32H,7-17H2,1-6H3/t19-,21+,22+,23-,24-,25-,27-,28-,29+/m1/s1. The molecule has 0 radical (unpaired) electrons. The number of hydrogen-bond acceptors (Lipinski definition) is 4. The Morgan fingerprint density at radius 3 is 2.45 bits per heavy atom. The van der Waals surface area contributed by atoms with E-state index >= 15 is 0 Å². The average Bonchev–Trinajstić information content (AvgIpc) is 3.07. The van der Waals surface area contributed by atoms with Gasteiger partial charge in [0.25, 0.3) is 0 Å². The molecule has 4 aliphatic rings. The molecule has 188 valence electrons. The first-order chi connectivity index (χ1) is 15.4. The number of esters is 1. The molecule has 0 aliphatic heterocycles. The molecule has 0 spiro atoms. The minimum atomic E-state index is -1.34. The fourth-order valence-electron chi connectivity index (χ4n) is 9.36. The molecule has 0 amide bonds. The van der Waals surface area contributed by atoms with Crippen LogP contribution in [0.2, 0.25) is 0 Å². The highest BCUT2D eigenvalue weighted by Gasteiger charge is 2.68. The molecular formula is C29H48O4. The average molecular weight is 461 g/mol. The van der Waals surface area contributed by atoms with Gasteiger partial charge in [0.05, 0.1) is 0 Å². The molecule has 4 heteroatoms. The molecule has 0 aromatic rings. The van der Waals surface area contributed by atoms with Crippen molar-refractivity contribution >= 4 is 11.8 Å². The van der Waals surface area contributed by atoms with Crippen molar-refractivity contribution in [2.75, 3.05) is 0 Å². The molecule has 4 nitrogen and oxygen atoms in total. The second kappa shape index (κ2) is 8.95. The minimum absolute atomic E-state index is 0.0146. The number of carbonyl (C=O) groups is 2. The number of hydrogen-bond donors (Lipinski definition) is 1. The summed E-state index contributed by atoms with van der Waals surface area (Å²) in [6.45, 7) is 13.2. The van der Waals surface area contributed by atoms with E-state index in [0.29, 0.717) is 29.6 Å². The van der Waals surface area contributed by atoms with Crippen molar-refractivity contribution in [1.82, 2.24) is 0 Å². The van der Waals surface area contributed by atoms with E-state index in [9.17, 15) is 14.7 Å². The molecule has 9 atom stereocenters. The van der Waals surface area contributed by atoms with Gasteiger partial charge in [-0.15, -0.1) is 0 Å². The number of Topliss-reactive ketones (excluding diaryl/α,β-unsaturated/α-hetero) is 1. The maximum atomic E-state index is 13.6. The van der Waals surface area contributed by atoms with Gasteiger partial charge in [-0.2, -0.15) is 0 Å². The second-order valence-corrected chi connectivity index (χ2v) is 13.3. The predicted molar refractivity (Wildman–Crippen MR) is 130 cm³/mol. The zero-order chi connectivity index (χ0) is 24.2. The van der Waals surface area contributed by atoms with Crippen LogP contribution >= 0.6 is 0 Å². The molecule has 0 aromatic heterocycles. The number of rotatable bonds is 6. The predicted octanol–water partition coefficient (Wildman–Crippen LogP) is 6.33. The van der Waals surface area contributed by atoms with Crippen molar-refractivity contribution in [1.29, 1.82) is 0 Å². The highest BCUT2D eigenvalue weighted by atomic mass is 16.5. The van der Waals surface area contributed by atoms with Gasteiger partial charge >= 0.3 is 5.97 Å². The maximum Gasteiger partial charge on any atom is 0.302 e. The van der Waals surface area contributed by atoms with Crippen LogP contribution in [0.15, 0.2) is 0 Å². The highest BCUT2D eigenvalue weighted by Crippen LogP contribution is 2.68. The molecule has 4 rings (SSSR count). The van der Waals surface area contributed by atoms with E-state index in [-0.39, 0.29) is 24.3 Å². The Kier molecular flexibility index (Phi) is 6.84. The highest BCUT2D eigenvalue weighted by molar-refractivity contribution is 5.89.